The van der Waals surface area contributed by atoms with Crippen LogP contribution in [0.25, 0.3) is 0 Å². The molecule has 0 aliphatic rings. The van der Waals surface area contributed by atoms with Gasteiger partial charge in [-0.05, 0) is 25.5 Å². The van der Waals surface area contributed by atoms with Crippen LogP contribution in [0, 0.1) is 11.6 Å². The van der Waals surface area contributed by atoms with Crippen LogP contribution in [0.15, 0.2) is 24.4 Å². The molecule has 1 unspecified atom stereocenters. The van der Waals surface area contributed by atoms with Crippen LogP contribution in [0.4, 0.5) is 8.78 Å². The molecule has 0 aliphatic heterocycles. The normalized spacial score (nSPS) is 12.2. The molecule has 1 N–H and O–H groups in total. The molecule has 1 amide bonds. The third-order valence-electron chi connectivity index (χ3n) is 2.83. The number of carbonyl (C=O) groups is 1. The quantitative estimate of drug-likeness (QED) is 0.938. The zero-order chi connectivity index (χ0) is 14.7. The summed E-state index contributed by atoms with van der Waals surface area (Å²) in [5.74, 6) is -2.82. The number of amides is 1. The Hall–Kier alpha value is -1.82. The Morgan fingerprint density at radius 3 is 2.85 bits per heavy atom. The number of thiazole rings is 1. The molecule has 1 aromatic carbocycles. The standard InChI is InChI=1S/C14H14F2N2OS/c1-3-9-7-17-14(20-9)8(2)18-13(19)10-5-4-6-11(15)12(10)16/h4-8H,3H2,1-2H3,(H,18,19). The van der Waals surface area contributed by atoms with Gasteiger partial charge >= 0.3 is 0 Å². The Morgan fingerprint density at radius 1 is 1.45 bits per heavy atom. The van der Waals surface area contributed by atoms with Gasteiger partial charge in [0.05, 0.1) is 11.6 Å². The fourth-order valence-corrected chi connectivity index (χ4v) is 2.56. The second-order valence-corrected chi connectivity index (χ2v) is 5.46. The number of aromatic nitrogens is 1. The topological polar surface area (TPSA) is 42.0 Å². The van der Waals surface area contributed by atoms with E-state index in [9.17, 15) is 13.6 Å². The van der Waals surface area contributed by atoms with Gasteiger partial charge in [-0.25, -0.2) is 13.8 Å². The molecule has 2 aromatic rings. The van der Waals surface area contributed by atoms with Crippen molar-refractivity contribution >= 4 is 17.2 Å². The lowest BCUT2D eigenvalue weighted by atomic mass is 10.2. The van der Waals surface area contributed by atoms with E-state index in [1.54, 1.807) is 13.1 Å². The van der Waals surface area contributed by atoms with Crippen molar-refractivity contribution in [2.45, 2.75) is 26.3 Å². The Kier molecular flexibility index (Phi) is 4.44. The van der Waals surface area contributed by atoms with Crippen molar-refractivity contribution in [3.8, 4) is 0 Å². The molecule has 0 bridgehead atoms. The summed E-state index contributed by atoms with van der Waals surface area (Å²) < 4.78 is 26.6. The van der Waals surface area contributed by atoms with Crippen LogP contribution >= 0.6 is 11.3 Å². The lowest BCUT2D eigenvalue weighted by Crippen LogP contribution is -2.27. The molecule has 0 saturated carbocycles. The molecule has 6 heteroatoms. The summed E-state index contributed by atoms with van der Waals surface area (Å²) in [5.41, 5.74) is -0.302. The molecule has 20 heavy (non-hydrogen) atoms. The molecule has 106 valence electrons. The van der Waals surface area contributed by atoms with Crippen molar-refractivity contribution in [3.05, 3.63) is 51.5 Å². The lowest BCUT2D eigenvalue weighted by molar-refractivity contribution is 0.0934. The molecule has 3 nitrogen and oxygen atoms in total. The van der Waals surface area contributed by atoms with Crippen LogP contribution in [0.2, 0.25) is 0 Å². The monoisotopic (exact) mass is 296 g/mol. The Labute approximate surface area is 119 Å². The predicted molar refractivity (Wildman–Crippen MR) is 73.7 cm³/mol. The summed E-state index contributed by atoms with van der Waals surface area (Å²) in [6.45, 7) is 3.77. The van der Waals surface area contributed by atoms with E-state index in [1.807, 2.05) is 6.92 Å². The number of hydrogen-bond donors (Lipinski definition) is 1. The maximum absolute atomic E-state index is 13.5. The Bertz CT molecular complexity index is 627. The number of nitrogens with one attached hydrogen (secondary N) is 1. The summed E-state index contributed by atoms with van der Waals surface area (Å²) in [7, 11) is 0. The highest BCUT2D eigenvalue weighted by Crippen LogP contribution is 2.21. The predicted octanol–water partition coefficient (Wildman–Crippen LogP) is 3.47. The zero-order valence-corrected chi connectivity index (χ0v) is 11.9. The van der Waals surface area contributed by atoms with Crippen molar-refractivity contribution < 1.29 is 13.6 Å². The van der Waals surface area contributed by atoms with Crippen molar-refractivity contribution in [1.29, 1.82) is 0 Å². The average molecular weight is 296 g/mol. The minimum absolute atomic E-state index is 0.302. The molecule has 0 aliphatic carbocycles. The van der Waals surface area contributed by atoms with E-state index in [-0.39, 0.29) is 11.6 Å². The van der Waals surface area contributed by atoms with Gasteiger partial charge in [0, 0.05) is 11.1 Å². The van der Waals surface area contributed by atoms with E-state index in [1.165, 1.54) is 23.5 Å². The fourth-order valence-electron chi connectivity index (χ4n) is 1.70. The van der Waals surface area contributed by atoms with Gasteiger partial charge in [-0.3, -0.25) is 4.79 Å². The van der Waals surface area contributed by atoms with E-state index in [0.717, 1.165) is 22.4 Å². The second kappa shape index (κ2) is 6.09. The highest BCUT2D eigenvalue weighted by molar-refractivity contribution is 7.11. The molecular weight excluding hydrogens is 282 g/mol. The van der Waals surface area contributed by atoms with Gasteiger partial charge in [0.2, 0.25) is 0 Å². The highest BCUT2D eigenvalue weighted by Gasteiger charge is 2.18. The Morgan fingerprint density at radius 2 is 2.20 bits per heavy atom. The number of halogens is 2. The molecular formula is C14H14F2N2OS. The number of rotatable bonds is 4. The molecule has 2 rings (SSSR count). The molecule has 0 radical (unpaired) electrons. The van der Waals surface area contributed by atoms with E-state index < -0.39 is 17.5 Å². The molecule has 1 aromatic heterocycles. The fraction of sp³-hybridized carbons (Fsp3) is 0.286. The van der Waals surface area contributed by atoms with Crippen LogP contribution in [0.3, 0.4) is 0 Å². The number of aryl methyl sites for hydroxylation is 1. The first-order chi connectivity index (χ1) is 9.52. The zero-order valence-electron chi connectivity index (χ0n) is 11.1. The summed E-state index contributed by atoms with van der Waals surface area (Å²) in [4.78, 5) is 17.3. The molecule has 1 heterocycles. The Balaban J connectivity index is 2.13. The number of nitrogens with zero attached hydrogens (tertiary/aromatic N) is 1. The van der Waals surface area contributed by atoms with Crippen LogP contribution in [-0.2, 0) is 6.42 Å². The smallest absolute Gasteiger partial charge is 0.254 e. The number of carbonyl (C=O) groups excluding carboxylic acids is 1. The summed E-state index contributed by atoms with van der Waals surface area (Å²) in [6, 6.07) is 3.18. The third kappa shape index (κ3) is 3.01. The van der Waals surface area contributed by atoms with Crippen LogP contribution in [-0.4, -0.2) is 10.9 Å². The second-order valence-electron chi connectivity index (χ2n) is 4.31. The summed E-state index contributed by atoms with van der Waals surface area (Å²) in [5, 5.41) is 3.36. The van der Waals surface area contributed by atoms with E-state index >= 15 is 0 Å². The van der Waals surface area contributed by atoms with Crippen LogP contribution in [0.1, 0.15) is 40.1 Å². The summed E-state index contributed by atoms with van der Waals surface area (Å²) in [6.07, 6.45) is 2.63. The largest absolute Gasteiger partial charge is 0.343 e. The first-order valence-electron chi connectivity index (χ1n) is 6.22. The highest BCUT2D eigenvalue weighted by atomic mass is 32.1. The molecule has 1 atom stereocenters. The van der Waals surface area contributed by atoms with Crippen LogP contribution in [0.5, 0.6) is 0 Å². The SMILES string of the molecule is CCc1cnc(C(C)NC(=O)c2cccc(F)c2F)s1. The van der Waals surface area contributed by atoms with E-state index in [2.05, 4.69) is 10.3 Å². The molecule has 0 fully saturated rings. The van der Waals surface area contributed by atoms with Gasteiger partial charge in [-0.1, -0.05) is 13.0 Å². The van der Waals surface area contributed by atoms with Crippen LogP contribution < -0.4 is 5.32 Å². The van der Waals surface area contributed by atoms with Gasteiger partial charge in [0.1, 0.15) is 5.01 Å². The van der Waals surface area contributed by atoms with E-state index in [4.69, 9.17) is 0 Å². The first kappa shape index (κ1) is 14.6. The maximum Gasteiger partial charge on any atom is 0.254 e. The molecule has 0 saturated heterocycles. The lowest BCUT2D eigenvalue weighted by Gasteiger charge is -2.11. The molecule has 0 spiro atoms. The van der Waals surface area contributed by atoms with Gasteiger partial charge in [-0.2, -0.15) is 0 Å². The first-order valence-corrected chi connectivity index (χ1v) is 7.04. The van der Waals surface area contributed by atoms with Crippen molar-refractivity contribution in [1.82, 2.24) is 10.3 Å². The summed E-state index contributed by atoms with van der Waals surface area (Å²) >= 11 is 1.49. The van der Waals surface area contributed by atoms with Gasteiger partial charge in [-0.15, -0.1) is 11.3 Å². The maximum atomic E-state index is 13.5. The third-order valence-corrected chi connectivity index (χ3v) is 4.16. The van der Waals surface area contributed by atoms with Gasteiger partial charge in [0.15, 0.2) is 11.6 Å². The van der Waals surface area contributed by atoms with Gasteiger partial charge < -0.3 is 5.32 Å². The van der Waals surface area contributed by atoms with Crippen molar-refractivity contribution in [3.63, 3.8) is 0 Å². The number of hydrogen-bond acceptors (Lipinski definition) is 3. The average Bonchev–Trinajstić information content (AvgIpc) is 2.90. The van der Waals surface area contributed by atoms with Gasteiger partial charge in [0.25, 0.3) is 5.91 Å². The number of benzene rings is 1. The van der Waals surface area contributed by atoms with Crippen molar-refractivity contribution in [2.75, 3.05) is 0 Å². The minimum atomic E-state index is -1.13. The minimum Gasteiger partial charge on any atom is -0.343 e. The van der Waals surface area contributed by atoms with Crippen molar-refractivity contribution in [2.24, 2.45) is 0 Å². The van der Waals surface area contributed by atoms with E-state index in [0.29, 0.717) is 0 Å².